The van der Waals surface area contributed by atoms with E-state index < -0.39 is 11.5 Å². The first-order valence-corrected chi connectivity index (χ1v) is 15.8. The van der Waals surface area contributed by atoms with E-state index in [0.717, 1.165) is 73.4 Å². The number of pyridine rings is 1. The van der Waals surface area contributed by atoms with E-state index in [1.54, 1.807) is 31.7 Å². The normalized spacial score (nSPS) is 16.7. The van der Waals surface area contributed by atoms with Gasteiger partial charge in [0.1, 0.15) is 11.3 Å². The van der Waals surface area contributed by atoms with Crippen LogP contribution in [0.3, 0.4) is 0 Å². The number of primary amides is 1. The number of aryl methyl sites for hydroxylation is 1. The van der Waals surface area contributed by atoms with Gasteiger partial charge >= 0.3 is 0 Å². The molecule has 1 unspecified atom stereocenters. The second kappa shape index (κ2) is 12.6. The third-order valence-corrected chi connectivity index (χ3v) is 9.24. The highest BCUT2D eigenvalue weighted by molar-refractivity contribution is 5.96. The van der Waals surface area contributed by atoms with E-state index in [9.17, 15) is 14.7 Å². The number of carbonyl (C=O) groups excluding carboxylic acids is 1. The Hall–Kier alpha value is -4.22. The van der Waals surface area contributed by atoms with Gasteiger partial charge in [-0.15, -0.1) is 0 Å². The molecule has 11 heteroatoms. The van der Waals surface area contributed by atoms with Gasteiger partial charge < -0.3 is 30.0 Å². The fourth-order valence-corrected chi connectivity index (χ4v) is 6.31. The van der Waals surface area contributed by atoms with Crippen LogP contribution in [0.4, 0.5) is 5.95 Å². The molecule has 0 radical (unpaired) electrons. The molecule has 1 aliphatic carbocycles. The number of aliphatic hydroxyl groups is 1. The molecule has 45 heavy (non-hydrogen) atoms. The Bertz CT molecular complexity index is 1710. The number of hydrogen-bond donors (Lipinski definition) is 3. The summed E-state index contributed by atoms with van der Waals surface area (Å²) in [6.45, 7) is 8.78. The maximum Gasteiger partial charge on any atom is 0.274 e. The lowest BCUT2D eigenvalue weighted by Gasteiger charge is -2.34. The zero-order valence-corrected chi connectivity index (χ0v) is 26.3. The molecule has 4 N–H and O–H groups in total. The number of benzene rings is 1. The van der Waals surface area contributed by atoms with Gasteiger partial charge in [-0.05, 0) is 81.7 Å². The molecule has 1 atom stereocenters. The first-order valence-electron chi connectivity index (χ1n) is 15.8. The lowest BCUT2D eigenvalue weighted by molar-refractivity contribution is 0.0785. The average molecular weight is 614 g/mol. The van der Waals surface area contributed by atoms with Crippen molar-refractivity contribution in [2.45, 2.75) is 45.1 Å². The topological polar surface area (TPSA) is 143 Å². The highest BCUT2D eigenvalue weighted by Crippen LogP contribution is 2.41. The Morgan fingerprint density at radius 2 is 1.87 bits per heavy atom. The van der Waals surface area contributed by atoms with Gasteiger partial charge in [0.05, 0.1) is 17.8 Å². The summed E-state index contributed by atoms with van der Waals surface area (Å²) in [5.74, 6) is 2.04. The van der Waals surface area contributed by atoms with Crippen LogP contribution < -0.4 is 20.9 Å². The Labute approximate surface area is 263 Å². The zero-order chi connectivity index (χ0) is 31.7. The average Bonchev–Trinajstić information content (AvgIpc) is 3.75. The number of H-pyrrole nitrogens is 1. The summed E-state index contributed by atoms with van der Waals surface area (Å²) >= 11 is 0. The maximum atomic E-state index is 12.7. The number of hydrogen-bond acceptors (Lipinski definition) is 8. The van der Waals surface area contributed by atoms with Gasteiger partial charge in [0, 0.05) is 74.5 Å². The molecule has 1 amide bonds. The molecule has 11 nitrogen and oxygen atoms in total. The number of nitrogens with one attached hydrogen (secondary N) is 1. The summed E-state index contributed by atoms with van der Waals surface area (Å²) in [4.78, 5) is 40.4. The van der Waals surface area contributed by atoms with Crippen molar-refractivity contribution in [2.75, 3.05) is 44.2 Å². The SMILES string of the molecule is Cn1cc(-c2cc(C(C)(C)O)ccc2OCC(CCCN2CCN(c3ncc(C(N)=O)cn3)CC2)C2CC2)c2cc[nH]c2c1=O. The number of aromatic nitrogens is 4. The molecule has 2 aliphatic rings. The number of carbonyl (C=O) groups is 1. The molecular weight excluding hydrogens is 570 g/mol. The summed E-state index contributed by atoms with van der Waals surface area (Å²) in [5.41, 5.74) is 7.63. The van der Waals surface area contributed by atoms with Gasteiger partial charge in [-0.2, -0.15) is 0 Å². The molecule has 1 aromatic carbocycles. The number of nitrogens with two attached hydrogens (primary N) is 1. The Morgan fingerprint density at radius 1 is 1.13 bits per heavy atom. The van der Waals surface area contributed by atoms with Crippen LogP contribution in [0.25, 0.3) is 22.0 Å². The molecule has 1 saturated heterocycles. The number of anilines is 1. The summed E-state index contributed by atoms with van der Waals surface area (Å²) in [5, 5.41) is 11.6. The third-order valence-electron chi connectivity index (χ3n) is 9.24. The van der Waals surface area contributed by atoms with Crippen LogP contribution in [0.1, 0.15) is 55.5 Å². The van der Waals surface area contributed by atoms with Crippen LogP contribution in [0.5, 0.6) is 5.75 Å². The molecule has 1 aliphatic heterocycles. The van der Waals surface area contributed by atoms with Gasteiger partial charge in [0.25, 0.3) is 11.5 Å². The molecule has 3 aromatic heterocycles. The second-order valence-electron chi connectivity index (χ2n) is 13.0. The van der Waals surface area contributed by atoms with Crippen molar-refractivity contribution < 1.29 is 14.6 Å². The molecule has 238 valence electrons. The zero-order valence-electron chi connectivity index (χ0n) is 26.3. The van der Waals surface area contributed by atoms with Crippen molar-refractivity contribution in [3.05, 3.63) is 70.5 Å². The molecule has 4 aromatic rings. The minimum atomic E-state index is -1.02. The number of nitrogens with zero attached hydrogens (tertiary/aromatic N) is 5. The van der Waals surface area contributed by atoms with Crippen molar-refractivity contribution in [1.29, 1.82) is 0 Å². The van der Waals surface area contributed by atoms with E-state index in [0.29, 0.717) is 35.5 Å². The van der Waals surface area contributed by atoms with Crippen LogP contribution in [-0.4, -0.2) is 74.8 Å². The van der Waals surface area contributed by atoms with Crippen molar-refractivity contribution in [3.63, 3.8) is 0 Å². The van der Waals surface area contributed by atoms with E-state index in [-0.39, 0.29) is 5.56 Å². The standard InChI is InChI=1S/C34H43N7O4/c1-34(2,44)25-8-9-29(27(17-25)28-20-39(3)32(43)30-26(28)10-11-36-30)45-21-23(22-6-7-22)5-4-12-40-13-15-41(16-14-40)33-37-18-24(19-38-33)31(35)42/h8-11,17-20,22-23,36,44H,4-7,12-16,21H2,1-3H3,(H2,35,42). The van der Waals surface area contributed by atoms with E-state index in [1.807, 2.05) is 30.5 Å². The third kappa shape index (κ3) is 6.89. The number of piperazine rings is 1. The lowest BCUT2D eigenvalue weighted by Crippen LogP contribution is -2.47. The predicted molar refractivity (Wildman–Crippen MR) is 174 cm³/mol. The Morgan fingerprint density at radius 3 is 2.53 bits per heavy atom. The second-order valence-corrected chi connectivity index (χ2v) is 13.0. The van der Waals surface area contributed by atoms with Crippen molar-refractivity contribution in [2.24, 2.45) is 24.6 Å². The van der Waals surface area contributed by atoms with Gasteiger partial charge in [-0.3, -0.25) is 14.5 Å². The lowest BCUT2D eigenvalue weighted by atomic mass is 9.93. The molecule has 0 bridgehead atoms. The minimum Gasteiger partial charge on any atom is -0.493 e. The molecule has 2 fully saturated rings. The number of ether oxygens (including phenoxy) is 1. The van der Waals surface area contributed by atoms with Crippen LogP contribution in [0.15, 0.2) is 53.8 Å². The van der Waals surface area contributed by atoms with E-state index in [1.165, 1.54) is 25.2 Å². The highest BCUT2D eigenvalue weighted by atomic mass is 16.5. The maximum absolute atomic E-state index is 12.7. The summed E-state index contributed by atoms with van der Waals surface area (Å²) in [7, 11) is 1.76. The minimum absolute atomic E-state index is 0.0812. The van der Waals surface area contributed by atoms with Crippen molar-refractivity contribution >= 4 is 22.8 Å². The number of rotatable bonds is 12. The fraction of sp³-hybridized carbons (Fsp3) is 0.471. The highest BCUT2D eigenvalue weighted by Gasteiger charge is 2.32. The first kappa shape index (κ1) is 30.8. The molecule has 6 rings (SSSR count). The number of fused-ring (bicyclic) bond motifs is 1. The van der Waals surface area contributed by atoms with Crippen LogP contribution in [0.2, 0.25) is 0 Å². The van der Waals surface area contributed by atoms with E-state index in [4.69, 9.17) is 10.5 Å². The monoisotopic (exact) mass is 613 g/mol. The van der Waals surface area contributed by atoms with Crippen LogP contribution in [0, 0.1) is 11.8 Å². The van der Waals surface area contributed by atoms with E-state index in [2.05, 4.69) is 24.8 Å². The molecular formula is C34H43N7O4. The van der Waals surface area contributed by atoms with E-state index >= 15 is 0 Å². The van der Waals surface area contributed by atoms with Crippen molar-refractivity contribution in [1.82, 2.24) is 24.4 Å². The van der Waals surface area contributed by atoms with Gasteiger partial charge in [0.15, 0.2) is 0 Å². The molecule has 1 saturated carbocycles. The quantitative estimate of drug-likeness (QED) is 0.220. The smallest absolute Gasteiger partial charge is 0.274 e. The molecule has 0 spiro atoms. The summed E-state index contributed by atoms with van der Waals surface area (Å²) in [6.07, 6.45) is 11.3. The largest absolute Gasteiger partial charge is 0.493 e. The fourth-order valence-electron chi connectivity index (χ4n) is 6.31. The number of aromatic amines is 1. The number of amides is 1. The predicted octanol–water partition coefficient (Wildman–Crippen LogP) is 3.66. The van der Waals surface area contributed by atoms with Crippen LogP contribution >= 0.6 is 0 Å². The van der Waals surface area contributed by atoms with Crippen molar-refractivity contribution in [3.8, 4) is 16.9 Å². The summed E-state index contributed by atoms with van der Waals surface area (Å²) in [6, 6.07) is 7.80. The van der Waals surface area contributed by atoms with Gasteiger partial charge in [0.2, 0.25) is 5.95 Å². The Kier molecular flexibility index (Phi) is 8.65. The Balaban J connectivity index is 1.09. The molecule has 4 heterocycles. The summed E-state index contributed by atoms with van der Waals surface area (Å²) < 4.78 is 8.20. The van der Waals surface area contributed by atoms with Gasteiger partial charge in [-0.25, -0.2) is 9.97 Å². The first-order chi connectivity index (χ1) is 21.6. The van der Waals surface area contributed by atoms with Crippen LogP contribution in [-0.2, 0) is 12.6 Å². The van der Waals surface area contributed by atoms with Gasteiger partial charge in [-0.1, -0.05) is 6.07 Å².